The van der Waals surface area contributed by atoms with Crippen LogP contribution in [-0.4, -0.2) is 13.2 Å². The zero-order valence-electron chi connectivity index (χ0n) is 16.5. The topological polar surface area (TPSA) is 12.0 Å². The third-order valence-electron chi connectivity index (χ3n) is 5.53. The van der Waals surface area contributed by atoms with Gasteiger partial charge in [0.05, 0.1) is 0 Å². The normalized spacial score (nSPS) is 16.0. The summed E-state index contributed by atoms with van der Waals surface area (Å²) in [6.45, 7) is 13.0. The number of allylic oxidation sites excluding steroid dienone is 2. The fraction of sp³-hybridized carbons (Fsp3) is 0.565. The third kappa shape index (κ3) is 6.10. The number of nitrogens with one attached hydrogen (secondary N) is 1. The quantitative estimate of drug-likeness (QED) is 0.398. The summed E-state index contributed by atoms with van der Waals surface area (Å²) in [7, 11) is 1.20. The number of hydrogen-bond acceptors (Lipinski definition) is 1. The molecule has 0 bridgehead atoms. The molecule has 0 amide bonds. The van der Waals surface area contributed by atoms with E-state index in [1.165, 1.54) is 62.5 Å². The number of unbranched alkanes of at least 4 members (excludes halogenated alkanes) is 5. The zero-order chi connectivity index (χ0) is 18.1. The van der Waals surface area contributed by atoms with E-state index >= 15 is 0 Å². The summed E-state index contributed by atoms with van der Waals surface area (Å²) in [5.41, 5.74) is 7.00. The molecule has 0 spiro atoms. The van der Waals surface area contributed by atoms with Crippen LogP contribution in [-0.2, 0) is 12.7 Å². The maximum Gasteiger partial charge on any atom is 0.153 e. The lowest BCUT2D eigenvalue weighted by Gasteiger charge is -2.28. The van der Waals surface area contributed by atoms with Gasteiger partial charge in [0, 0.05) is 11.6 Å². The molecule has 0 aromatic heterocycles. The molecule has 25 heavy (non-hydrogen) atoms. The fourth-order valence-corrected chi connectivity index (χ4v) is 3.91. The molecule has 1 heterocycles. The molecular weight excluding hydrogens is 301 g/mol. The van der Waals surface area contributed by atoms with Crippen LogP contribution < -0.4 is 5.32 Å². The van der Waals surface area contributed by atoms with E-state index in [0.29, 0.717) is 5.94 Å². The average Bonchev–Trinajstić information content (AvgIpc) is 2.63. The Bertz CT molecular complexity index is 575. The monoisotopic (exact) mass is 337 g/mol. The van der Waals surface area contributed by atoms with E-state index in [0.717, 1.165) is 31.3 Å². The van der Waals surface area contributed by atoms with Crippen LogP contribution in [0.5, 0.6) is 0 Å². The van der Waals surface area contributed by atoms with Gasteiger partial charge in [-0.1, -0.05) is 77.3 Å². The van der Waals surface area contributed by atoms with Crippen LogP contribution in [0.25, 0.3) is 5.57 Å². The first-order chi connectivity index (χ1) is 12.2. The lowest BCUT2D eigenvalue weighted by molar-refractivity contribution is 0.613. The zero-order valence-corrected chi connectivity index (χ0v) is 16.5. The van der Waals surface area contributed by atoms with Crippen molar-refractivity contribution in [2.45, 2.75) is 83.9 Å². The van der Waals surface area contributed by atoms with Crippen molar-refractivity contribution in [3.05, 3.63) is 53.7 Å². The van der Waals surface area contributed by atoms with Crippen LogP contribution in [0.4, 0.5) is 0 Å². The largest absolute Gasteiger partial charge is 0.393 e. The second kappa shape index (κ2) is 10.5. The number of fused-ring (bicyclic) bond motifs is 1. The second-order valence-corrected chi connectivity index (χ2v) is 7.61. The van der Waals surface area contributed by atoms with E-state index in [1.807, 2.05) is 0 Å². The minimum Gasteiger partial charge on any atom is -0.393 e. The molecule has 1 aliphatic heterocycles. The Balaban J connectivity index is 1.90. The molecule has 0 saturated carbocycles. The Labute approximate surface area is 156 Å². The van der Waals surface area contributed by atoms with Gasteiger partial charge in [-0.15, -0.1) is 0 Å². The van der Waals surface area contributed by atoms with Gasteiger partial charge in [-0.2, -0.15) is 0 Å². The summed E-state index contributed by atoms with van der Waals surface area (Å²) in [6.07, 6.45) is 12.5. The Morgan fingerprint density at radius 1 is 1.12 bits per heavy atom. The van der Waals surface area contributed by atoms with E-state index < -0.39 is 0 Å². The van der Waals surface area contributed by atoms with Crippen molar-refractivity contribution in [2.75, 3.05) is 0 Å². The maximum atomic E-state index is 4.42. The van der Waals surface area contributed by atoms with Crippen LogP contribution in [0.2, 0.25) is 0 Å². The first-order valence-corrected chi connectivity index (χ1v) is 10.4. The highest BCUT2D eigenvalue weighted by Gasteiger charge is 2.22. The minimum absolute atomic E-state index is 0.544. The first kappa shape index (κ1) is 19.9. The van der Waals surface area contributed by atoms with Crippen molar-refractivity contribution in [2.24, 2.45) is 0 Å². The smallest absolute Gasteiger partial charge is 0.153 e. The van der Waals surface area contributed by atoms with Crippen molar-refractivity contribution >= 4 is 12.9 Å². The molecule has 0 fully saturated rings. The molecule has 0 aliphatic carbocycles. The number of hydrogen-bond donors (Lipinski definition) is 1. The molecular formula is C23H36BN. The molecule has 136 valence electrons. The van der Waals surface area contributed by atoms with Crippen LogP contribution >= 0.6 is 0 Å². The Morgan fingerprint density at radius 2 is 1.88 bits per heavy atom. The highest BCUT2D eigenvalue weighted by Crippen LogP contribution is 2.29. The van der Waals surface area contributed by atoms with Crippen molar-refractivity contribution in [3.8, 4) is 0 Å². The van der Waals surface area contributed by atoms with E-state index in [-0.39, 0.29) is 0 Å². The first-order valence-electron chi connectivity index (χ1n) is 10.4. The van der Waals surface area contributed by atoms with E-state index in [4.69, 9.17) is 0 Å². The molecule has 1 unspecified atom stereocenters. The Kier molecular flexibility index (Phi) is 8.38. The van der Waals surface area contributed by atoms with E-state index in [2.05, 4.69) is 50.5 Å². The molecule has 2 heteroatoms. The molecule has 0 saturated heterocycles. The number of benzene rings is 1. The second-order valence-electron chi connectivity index (χ2n) is 7.61. The van der Waals surface area contributed by atoms with Gasteiger partial charge < -0.3 is 5.32 Å². The molecule has 1 aromatic rings. The molecule has 1 N–H and O–H groups in total. The summed E-state index contributed by atoms with van der Waals surface area (Å²) in [6, 6.07) is 6.81. The van der Waals surface area contributed by atoms with Gasteiger partial charge in [0.2, 0.25) is 0 Å². The standard InChI is InChI=1S/C23H36BN/c1-5-7-8-9-10-11-13-18(3)21-15-12-14-20-16-23(24-17-22(20)21)25-19(4)6-2/h12,14-15,23-25H,3-11,13,16-17H2,1-2H3. The fourth-order valence-electron chi connectivity index (χ4n) is 3.91. The lowest BCUT2D eigenvalue weighted by Crippen LogP contribution is -2.40. The third-order valence-corrected chi connectivity index (χ3v) is 5.53. The van der Waals surface area contributed by atoms with Gasteiger partial charge in [0.25, 0.3) is 0 Å². The van der Waals surface area contributed by atoms with Crippen LogP contribution in [0.15, 0.2) is 37.1 Å². The minimum atomic E-state index is 0.544. The Morgan fingerprint density at radius 3 is 2.64 bits per heavy atom. The summed E-state index contributed by atoms with van der Waals surface area (Å²) >= 11 is 0. The van der Waals surface area contributed by atoms with Gasteiger partial charge in [0.15, 0.2) is 7.28 Å². The summed E-state index contributed by atoms with van der Waals surface area (Å²) in [5, 5.41) is 3.60. The Hall–Kier alpha value is -1.44. The molecule has 1 nitrogen and oxygen atoms in total. The van der Waals surface area contributed by atoms with Crippen LogP contribution in [0.3, 0.4) is 0 Å². The van der Waals surface area contributed by atoms with Crippen molar-refractivity contribution in [1.82, 2.24) is 5.32 Å². The van der Waals surface area contributed by atoms with Crippen LogP contribution in [0.1, 0.15) is 81.9 Å². The highest BCUT2D eigenvalue weighted by molar-refractivity contribution is 6.38. The summed E-state index contributed by atoms with van der Waals surface area (Å²) < 4.78 is 0. The van der Waals surface area contributed by atoms with Gasteiger partial charge in [0.1, 0.15) is 0 Å². The highest BCUT2D eigenvalue weighted by atomic mass is 14.9. The molecule has 1 aromatic carbocycles. The molecule has 0 radical (unpaired) electrons. The van der Waals surface area contributed by atoms with Crippen LogP contribution in [0, 0.1) is 0 Å². The van der Waals surface area contributed by atoms with Crippen molar-refractivity contribution in [3.63, 3.8) is 0 Å². The lowest BCUT2D eigenvalue weighted by atomic mass is 9.57. The van der Waals surface area contributed by atoms with E-state index in [1.54, 1.807) is 5.56 Å². The maximum absolute atomic E-state index is 4.42. The predicted octanol–water partition coefficient (Wildman–Crippen LogP) is 5.78. The average molecular weight is 337 g/mol. The van der Waals surface area contributed by atoms with Crippen molar-refractivity contribution in [1.29, 1.82) is 0 Å². The molecule has 1 atom stereocenters. The number of rotatable bonds is 11. The van der Waals surface area contributed by atoms with Gasteiger partial charge in [-0.3, -0.25) is 0 Å². The SMILES string of the molecule is C=C(CC)NC1BCc2c(cccc2C(=C)CCCCCCCC)C1. The van der Waals surface area contributed by atoms with Crippen molar-refractivity contribution < 1.29 is 0 Å². The van der Waals surface area contributed by atoms with Gasteiger partial charge >= 0.3 is 0 Å². The van der Waals surface area contributed by atoms with E-state index in [9.17, 15) is 0 Å². The summed E-state index contributed by atoms with van der Waals surface area (Å²) in [5.74, 6) is 0.544. The molecule has 1 aliphatic rings. The van der Waals surface area contributed by atoms with Gasteiger partial charge in [-0.05, 0) is 54.3 Å². The van der Waals surface area contributed by atoms with Gasteiger partial charge in [-0.25, -0.2) is 0 Å². The predicted molar refractivity (Wildman–Crippen MR) is 114 cm³/mol. The summed E-state index contributed by atoms with van der Waals surface area (Å²) in [4.78, 5) is 0. The molecule has 2 rings (SSSR count).